The highest BCUT2D eigenvalue weighted by atomic mass is 35.5. The van der Waals surface area contributed by atoms with Crippen LogP contribution in [0.4, 0.5) is 0 Å². The van der Waals surface area contributed by atoms with E-state index in [0.29, 0.717) is 32.0 Å². The predicted molar refractivity (Wildman–Crippen MR) is 62.8 cm³/mol. The van der Waals surface area contributed by atoms with Gasteiger partial charge < -0.3 is 9.64 Å². The second-order valence-corrected chi connectivity index (χ2v) is 5.09. The first-order chi connectivity index (χ1) is 7.68. The van der Waals surface area contributed by atoms with Crippen LogP contribution in [0, 0.1) is 6.92 Å². The van der Waals surface area contributed by atoms with Crippen molar-refractivity contribution in [2.45, 2.75) is 12.3 Å². The van der Waals surface area contributed by atoms with Gasteiger partial charge in [0.05, 0.1) is 23.9 Å². The summed E-state index contributed by atoms with van der Waals surface area (Å²) in [4.78, 5) is 18.0. The Morgan fingerprint density at radius 3 is 2.88 bits per heavy atom. The zero-order valence-electron chi connectivity index (χ0n) is 8.98. The summed E-state index contributed by atoms with van der Waals surface area (Å²) >= 11 is 7.62. The molecule has 0 spiro atoms. The summed E-state index contributed by atoms with van der Waals surface area (Å²) in [5.74, 6) is -0.0738. The van der Waals surface area contributed by atoms with Crippen molar-refractivity contribution in [1.82, 2.24) is 9.88 Å². The van der Waals surface area contributed by atoms with Crippen molar-refractivity contribution >= 4 is 28.8 Å². The molecule has 1 fully saturated rings. The lowest BCUT2D eigenvalue weighted by Crippen LogP contribution is -2.42. The first kappa shape index (κ1) is 11.8. The number of thiazole rings is 1. The van der Waals surface area contributed by atoms with Gasteiger partial charge in [-0.3, -0.25) is 4.79 Å². The summed E-state index contributed by atoms with van der Waals surface area (Å²) in [6.45, 7) is 4.31. The number of halogens is 1. The maximum Gasteiger partial charge on any atom is 0.246 e. The third-order valence-corrected chi connectivity index (χ3v) is 3.64. The zero-order valence-corrected chi connectivity index (χ0v) is 10.6. The number of rotatable bonds is 2. The van der Waals surface area contributed by atoms with Crippen LogP contribution in [0.15, 0.2) is 5.38 Å². The molecule has 0 saturated carbocycles. The SMILES string of the molecule is Cc1nc(C(Cl)C(=O)N2CCOCC2)cs1. The van der Waals surface area contributed by atoms with E-state index < -0.39 is 5.38 Å². The maximum atomic E-state index is 12.0. The fourth-order valence-corrected chi connectivity index (χ4v) is 2.53. The average molecular weight is 261 g/mol. The number of nitrogens with zero attached hydrogens (tertiary/aromatic N) is 2. The van der Waals surface area contributed by atoms with Gasteiger partial charge in [-0.05, 0) is 6.92 Å². The van der Waals surface area contributed by atoms with E-state index in [1.54, 1.807) is 4.90 Å². The Morgan fingerprint density at radius 1 is 1.62 bits per heavy atom. The minimum Gasteiger partial charge on any atom is -0.378 e. The summed E-state index contributed by atoms with van der Waals surface area (Å²) in [5, 5.41) is 2.10. The number of aryl methyl sites for hydroxylation is 1. The van der Waals surface area contributed by atoms with E-state index in [1.807, 2.05) is 12.3 Å². The summed E-state index contributed by atoms with van der Waals surface area (Å²) < 4.78 is 5.19. The van der Waals surface area contributed by atoms with E-state index in [2.05, 4.69) is 4.98 Å². The van der Waals surface area contributed by atoms with Gasteiger partial charge >= 0.3 is 0 Å². The van der Waals surface area contributed by atoms with Gasteiger partial charge in [-0.2, -0.15) is 0 Å². The molecule has 0 radical (unpaired) electrons. The van der Waals surface area contributed by atoms with E-state index in [4.69, 9.17) is 16.3 Å². The zero-order chi connectivity index (χ0) is 11.5. The topological polar surface area (TPSA) is 42.4 Å². The van der Waals surface area contributed by atoms with Gasteiger partial charge in [0.1, 0.15) is 0 Å². The molecule has 0 aliphatic carbocycles. The molecule has 1 aliphatic heterocycles. The summed E-state index contributed by atoms with van der Waals surface area (Å²) in [6, 6.07) is 0. The molecule has 1 atom stereocenters. The van der Waals surface area contributed by atoms with E-state index in [1.165, 1.54) is 11.3 Å². The number of hydrogen-bond donors (Lipinski definition) is 0. The Hall–Kier alpha value is -0.650. The second kappa shape index (κ2) is 5.12. The van der Waals surface area contributed by atoms with Crippen LogP contribution in [0.5, 0.6) is 0 Å². The van der Waals surface area contributed by atoms with Crippen LogP contribution in [-0.4, -0.2) is 42.1 Å². The molecular formula is C10H13ClN2O2S. The second-order valence-electron chi connectivity index (χ2n) is 3.59. The Labute approximate surface area is 103 Å². The molecule has 2 rings (SSSR count). The van der Waals surface area contributed by atoms with Gasteiger partial charge in [-0.15, -0.1) is 22.9 Å². The number of morpholine rings is 1. The fourth-order valence-electron chi connectivity index (χ4n) is 1.57. The Kier molecular flexibility index (Phi) is 3.78. The smallest absolute Gasteiger partial charge is 0.246 e. The summed E-state index contributed by atoms with van der Waals surface area (Å²) in [7, 11) is 0. The molecule has 0 N–H and O–H groups in total. The number of alkyl halides is 1. The molecule has 1 saturated heterocycles. The quantitative estimate of drug-likeness (QED) is 0.759. The van der Waals surface area contributed by atoms with Crippen LogP contribution in [0.1, 0.15) is 16.1 Å². The third kappa shape index (κ3) is 2.53. The lowest BCUT2D eigenvalue weighted by atomic mass is 10.2. The lowest BCUT2D eigenvalue weighted by molar-refractivity contribution is -0.135. The van der Waals surface area contributed by atoms with Gasteiger partial charge in [0, 0.05) is 18.5 Å². The highest BCUT2D eigenvalue weighted by molar-refractivity contribution is 7.09. The number of ether oxygens (including phenoxy) is 1. The van der Waals surface area contributed by atoms with Crippen molar-refractivity contribution in [3.63, 3.8) is 0 Å². The minimum absolute atomic E-state index is 0.0738. The van der Waals surface area contributed by atoms with Crippen LogP contribution >= 0.6 is 22.9 Å². The number of amides is 1. The molecule has 0 aromatic carbocycles. The first-order valence-electron chi connectivity index (χ1n) is 5.11. The normalized spacial score (nSPS) is 18.5. The largest absolute Gasteiger partial charge is 0.378 e. The molecule has 16 heavy (non-hydrogen) atoms. The van der Waals surface area contributed by atoms with Gasteiger partial charge in [0.2, 0.25) is 5.91 Å². The first-order valence-corrected chi connectivity index (χ1v) is 6.42. The van der Waals surface area contributed by atoms with Gasteiger partial charge in [0.15, 0.2) is 5.38 Å². The molecule has 1 aromatic rings. The molecule has 88 valence electrons. The Bertz CT molecular complexity index is 377. The van der Waals surface area contributed by atoms with E-state index >= 15 is 0 Å². The lowest BCUT2D eigenvalue weighted by Gasteiger charge is -2.28. The van der Waals surface area contributed by atoms with Crippen LogP contribution in [0.3, 0.4) is 0 Å². The number of carbonyl (C=O) groups excluding carboxylic acids is 1. The molecule has 0 bridgehead atoms. The minimum atomic E-state index is -0.664. The van der Waals surface area contributed by atoms with Gasteiger partial charge in [-0.25, -0.2) is 4.98 Å². The van der Waals surface area contributed by atoms with Crippen molar-refractivity contribution in [3.8, 4) is 0 Å². The molecule has 4 nitrogen and oxygen atoms in total. The van der Waals surface area contributed by atoms with Crippen molar-refractivity contribution in [2.75, 3.05) is 26.3 Å². The van der Waals surface area contributed by atoms with Crippen molar-refractivity contribution < 1.29 is 9.53 Å². The third-order valence-electron chi connectivity index (χ3n) is 2.44. The molecule has 6 heteroatoms. The highest BCUT2D eigenvalue weighted by Crippen LogP contribution is 2.24. The van der Waals surface area contributed by atoms with Crippen molar-refractivity contribution in [2.24, 2.45) is 0 Å². The van der Waals surface area contributed by atoms with Crippen LogP contribution in [0.25, 0.3) is 0 Å². The van der Waals surface area contributed by atoms with E-state index in [0.717, 1.165) is 5.01 Å². The van der Waals surface area contributed by atoms with Crippen molar-refractivity contribution in [1.29, 1.82) is 0 Å². The molecule has 1 aliphatic rings. The molecule has 1 unspecified atom stereocenters. The maximum absolute atomic E-state index is 12.0. The number of aromatic nitrogens is 1. The van der Waals surface area contributed by atoms with Gasteiger partial charge in [0.25, 0.3) is 0 Å². The summed E-state index contributed by atoms with van der Waals surface area (Å²) in [6.07, 6.45) is 0. The standard InChI is InChI=1S/C10H13ClN2O2S/c1-7-12-8(6-16-7)9(11)10(14)13-2-4-15-5-3-13/h6,9H,2-5H2,1H3. The molecular weight excluding hydrogens is 248 g/mol. The number of hydrogen-bond acceptors (Lipinski definition) is 4. The molecule has 2 heterocycles. The Balaban J connectivity index is 2.03. The fraction of sp³-hybridized carbons (Fsp3) is 0.600. The predicted octanol–water partition coefficient (Wildman–Crippen LogP) is 1.59. The number of carbonyl (C=O) groups is 1. The average Bonchev–Trinajstić information content (AvgIpc) is 2.75. The Morgan fingerprint density at radius 2 is 2.31 bits per heavy atom. The van der Waals surface area contributed by atoms with Crippen LogP contribution < -0.4 is 0 Å². The monoisotopic (exact) mass is 260 g/mol. The van der Waals surface area contributed by atoms with Crippen molar-refractivity contribution in [3.05, 3.63) is 16.1 Å². The van der Waals surface area contributed by atoms with Gasteiger partial charge in [-0.1, -0.05) is 0 Å². The molecule has 1 amide bonds. The van der Waals surface area contributed by atoms with Crippen LogP contribution in [0.2, 0.25) is 0 Å². The summed E-state index contributed by atoms with van der Waals surface area (Å²) in [5.41, 5.74) is 0.653. The van der Waals surface area contributed by atoms with E-state index in [9.17, 15) is 4.79 Å². The van der Waals surface area contributed by atoms with Crippen LogP contribution in [-0.2, 0) is 9.53 Å². The van der Waals surface area contributed by atoms with E-state index in [-0.39, 0.29) is 5.91 Å². The molecule has 1 aromatic heterocycles. The highest BCUT2D eigenvalue weighted by Gasteiger charge is 2.26.